The highest BCUT2D eigenvalue weighted by Crippen LogP contribution is 2.25. The van der Waals surface area contributed by atoms with Crippen LogP contribution in [0.3, 0.4) is 0 Å². The summed E-state index contributed by atoms with van der Waals surface area (Å²) in [5.74, 6) is -2.73. The van der Waals surface area contributed by atoms with Gasteiger partial charge in [-0.3, -0.25) is 9.59 Å². The second-order valence-corrected chi connectivity index (χ2v) is 7.26. The van der Waals surface area contributed by atoms with Gasteiger partial charge in [0.1, 0.15) is 23.1 Å². The molecule has 2 aromatic rings. The molecule has 1 atom stereocenters. The van der Waals surface area contributed by atoms with E-state index in [9.17, 15) is 32.3 Å². The predicted octanol–water partition coefficient (Wildman–Crippen LogP) is 4.51. The standard InChI is InChI=1S/C18H17ClF2N2O3S.CH2F2/c1-18(26,10-27-13-5-2-11(20)3-6-13)17(25)22-12-4-7-15(14(21)8-12)23-16(24)9-19;2-1-3/h2-8,26H,9-10H2,1H3,(H,22,25)(H,23,24);1H2. The molecule has 0 aromatic heterocycles. The number of amides is 2. The van der Waals surface area contributed by atoms with E-state index in [2.05, 4.69) is 10.6 Å². The van der Waals surface area contributed by atoms with Crippen molar-refractivity contribution in [1.82, 2.24) is 0 Å². The van der Waals surface area contributed by atoms with Crippen molar-refractivity contribution in [3.05, 3.63) is 54.1 Å². The van der Waals surface area contributed by atoms with E-state index in [4.69, 9.17) is 11.6 Å². The van der Waals surface area contributed by atoms with Gasteiger partial charge in [-0.25, -0.2) is 17.6 Å². The number of carbonyl (C=O) groups excluding carboxylic acids is 2. The molecule has 0 bridgehead atoms. The maximum absolute atomic E-state index is 14.0. The van der Waals surface area contributed by atoms with E-state index in [0.29, 0.717) is 4.90 Å². The number of benzene rings is 2. The van der Waals surface area contributed by atoms with Crippen LogP contribution in [0, 0.1) is 11.6 Å². The summed E-state index contributed by atoms with van der Waals surface area (Å²) in [5.41, 5.74) is -1.70. The summed E-state index contributed by atoms with van der Waals surface area (Å²) in [6, 6.07) is 9.32. The first-order valence-electron chi connectivity index (χ1n) is 8.32. The molecule has 0 saturated heterocycles. The van der Waals surface area contributed by atoms with Crippen molar-refractivity contribution < 1.29 is 32.3 Å². The third-order valence-electron chi connectivity index (χ3n) is 3.45. The molecule has 0 heterocycles. The van der Waals surface area contributed by atoms with E-state index >= 15 is 0 Å². The Morgan fingerprint density at radius 2 is 1.70 bits per heavy atom. The molecule has 0 radical (unpaired) electrons. The van der Waals surface area contributed by atoms with Crippen molar-refractivity contribution in [2.45, 2.75) is 17.4 Å². The molecule has 0 aliphatic heterocycles. The molecule has 0 spiro atoms. The fourth-order valence-electron chi connectivity index (χ4n) is 1.96. The lowest BCUT2D eigenvalue weighted by atomic mass is 10.1. The molecular weight excluding hydrogens is 448 g/mol. The van der Waals surface area contributed by atoms with Gasteiger partial charge >= 0.3 is 0 Å². The zero-order chi connectivity index (χ0) is 22.7. The van der Waals surface area contributed by atoms with Crippen molar-refractivity contribution in [3.8, 4) is 0 Å². The summed E-state index contributed by atoms with van der Waals surface area (Å²) in [5, 5.41) is 15.1. The lowest BCUT2D eigenvalue weighted by Crippen LogP contribution is -2.42. The molecule has 11 heteroatoms. The van der Waals surface area contributed by atoms with Crippen LogP contribution >= 0.6 is 23.4 Å². The number of rotatable bonds is 7. The molecule has 0 fully saturated rings. The summed E-state index contributed by atoms with van der Waals surface area (Å²) < 4.78 is 46.1. The van der Waals surface area contributed by atoms with Gasteiger partial charge in [0.25, 0.3) is 5.91 Å². The Bertz CT molecular complexity index is 854. The second kappa shape index (κ2) is 12.4. The number of nitrogens with one attached hydrogen (secondary N) is 2. The Morgan fingerprint density at radius 1 is 1.10 bits per heavy atom. The molecule has 164 valence electrons. The number of alkyl halides is 3. The van der Waals surface area contributed by atoms with Gasteiger partial charge < -0.3 is 15.7 Å². The maximum Gasteiger partial charge on any atom is 0.256 e. The van der Waals surface area contributed by atoms with Gasteiger partial charge in [-0.1, -0.05) is 0 Å². The van der Waals surface area contributed by atoms with Crippen LogP contribution in [0.4, 0.5) is 28.9 Å². The van der Waals surface area contributed by atoms with Gasteiger partial charge in [-0.2, -0.15) is 0 Å². The van der Waals surface area contributed by atoms with Crippen LogP contribution in [-0.4, -0.2) is 41.1 Å². The molecule has 0 aliphatic carbocycles. The van der Waals surface area contributed by atoms with Gasteiger partial charge in [0.05, 0.1) is 5.69 Å². The van der Waals surface area contributed by atoms with Crippen molar-refractivity contribution >= 4 is 46.6 Å². The highest BCUT2D eigenvalue weighted by Gasteiger charge is 2.30. The lowest BCUT2D eigenvalue weighted by molar-refractivity contribution is -0.130. The first kappa shape index (κ1) is 25.7. The Hall–Kier alpha value is -2.30. The topological polar surface area (TPSA) is 78.4 Å². The fraction of sp³-hybridized carbons (Fsp3) is 0.263. The van der Waals surface area contributed by atoms with Crippen molar-refractivity contribution in [3.63, 3.8) is 0 Å². The number of anilines is 2. The van der Waals surface area contributed by atoms with Crippen LogP contribution < -0.4 is 10.6 Å². The molecule has 2 amide bonds. The zero-order valence-corrected chi connectivity index (χ0v) is 17.3. The largest absolute Gasteiger partial charge is 0.379 e. The van der Waals surface area contributed by atoms with Crippen LogP contribution in [0.1, 0.15) is 6.92 Å². The van der Waals surface area contributed by atoms with Gasteiger partial charge in [0.15, 0.2) is 0 Å². The molecule has 1 unspecified atom stereocenters. The van der Waals surface area contributed by atoms with Gasteiger partial charge in [0.2, 0.25) is 12.8 Å². The monoisotopic (exact) mass is 466 g/mol. The minimum atomic E-state index is -1.75. The first-order valence-corrected chi connectivity index (χ1v) is 9.84. The van der Waals surface area contributed by atoms with Crippen LogP contribution in [0.25, 0.3) is 0 Å². The van der Waals surface area contributed by atoms with Crippen LogP contribution in [0.2, 0.25) is 0 Å². The minimum absolute atomic E-state index is 0.0107. The van der Waals surface area contributed by atoms with Crippen LogP contribution in [0.15, 0.2) is 47.4 Å². The van der Waals surface area contributed by atoms with Crippen molar-refractivity contribution in [2.75, 3.05) is 29.2 Å². The minimum Gasteiger partial charge on any atom is -0.379 e. The van der Waals surface area contributed by atoms with E-state index in [1.807, 2.05) is 0 Å². The normalized spacial score (nSPS) is 12.2. The Morgan fingerprint density at radius 3 is 2.23 bits per heavy atom. The Labute approximate surface area is 179 Å². The fourth-order valence-corrected chi connectivity index (χ4v) is 2.94. The van der Waals surface area contributed by atoms with E-state index in [1.165, 1.54) is 55.1 Å². The van der Waals surface area contributed by atoms with Crippen molar-refractivity contribution in [1.29, 1.82) is 0 Å². The summed E-state index contributed by atoms with van der Waals surface area (Å²) >= 11 is 6.52. The third-order valence-corrected chi connectivity index (χ3v) is 5.00. The summed E-state index contributed by atoms with van der Waals surface area (Å²) in [4.78, 5) is 24.2. The molecular formula is C19H19ClF4N2O3S. The number of hydrogen-bond donors (Lipinski definition) is 3. The Kier molecular flexibility index (Phi) is 10.6. The molecule has 3 N–H and O–H groups in total. The molecule has 0 aliphatic rings. The predicted molar refractivity (Wildman–Crippen MR) is 109 cm³/mol. The number of hydrogen-bond acceptors (Lipinski definition) is 4. The zero-order valence-electron chi connectivity index (χ0n) is 15.7. The van der Waals surface area contributed by atoms with E-state index in [-0.39, 0.29) is 28.8 Å². The van der Waals surface area contributed by atoms with Gasteiger partial charge in [0, 0.05) is 16.3 Å². The first-order chi connectivity index (χ1) is 14.1. The highest BCUT2D eigenvalue weighted by molar-refractivity contribution is 7.99. The average Bonchev–Trinajstić information content (AvgIpc) is 2.70. The molecule has 0 saturated carbocycles. The smallest absolute Gasteiger partial charge is 0.256 e. The van der Waals surface area contributed by atoms with Crippen LogP contribution in [0.5, 0.6) is 0 Å². The molecule has 5 nitrogen and oxygen atoms in total. The Balaban J connectivity index is 0.00000141. The quantitative estimate of drug-likeness (QED) is 0.319. The molecule has 30 heavy (non-hydrogen) atoms. The maximum atomic E-state index is 14.0. The van der Waals surface area contributed by atoms with Gasteiger partial charge in [-0.05, 0) is 49.4 Å². The SMILES string of the molecule is CC(O)(CSc1ccc(F)cc1)C(=O)Nc1ccc(NC(=O)CCl)c(F)c1.FCF. The molecule has 2 rings (SSSR count). The summed E-state index contributed by atoms with van der Waals surface area (Å²) in [6.07, 6.45) is 0. The van der Waals surface area contributed by atoms with Crippen molar-refractivity contribution in [2.24, 2.45) is 0 Å². The number of thioether (sulfide) groups is 1. The van der Waals surface area contributed by atoms with E-state index < -0.39 is 30.2 Å². The molecule has 2 aromatic carbocycles. The summed E-state index contributed by atoms with van der Waals surface area (Å²) in [7, 11) is 0. The second-order valence-electron chi connectivity index (χ2n) is 5.95. The number of carbonyl (C=O) groups is 2. The highest BCUT2D eigenvalue weighted by atomic mass is 35.5. The average molecular weight is 467 g/mol. The van der Waals surface area contributed by atoms with E-state index in [1.54, 1.807) is 0 Å². The number of aliphatic hydroxyl groups is 1. The van der Waals surface area contributed by atoms with Crippen LogP contribution in [-0.2, 0) is 9.59 Å². The van der Waals surface area contributed by atoms with Gasteiger partial charge in [-0.15, -0.1) is 23.4 Å². The third kappa shape index (κ3) is 8.60. The lowest BCUT2D eigenvalue weighted by Gasteiger charge is -2.22. The van der Waals surface area contributed by atoms with E-state index in [0.717, 1.165) is 6.07 Å². The summed E-state index contributed by atoms with van der Waals surface area (Å²) in [6.45, 7) is -0.426. The number of halogens is 5.